The maximum atomic E-state index is 13.0. The van der Waals surface area contributed by atoms with Crippen molar-refractivity contribution in [2.45, 2.75) is 6.43 Å². The molecular weight excluding hydrogens is 298 g/mol. The number of hydrogen-bond donors (Lipinski definition) is 0. The highest BCUT2D eigenvalue weighted by Gasteiger charge is 2.18. The van der Waals surface area contributed by atoms with Gasteiger partial charge in [-0.25, -0.2) is 18.2 Å². The molecule has 0 aromatic carbocycles. The molecule has 0 aliphatic carbocycles. The van der Waals surface area contributed by atoms with Crippen LogP contribution in [0.25, 0.3) is 0 Å². The average molecular weight is 301 g/mol. The first-order valence-electron chi connectivity index (χ1n) is 3.15. The lowest BCUT2D eigenvalue weighted by Crippen LogP contribution is -2.01. The van der Waals surface area contributed by atoms with Gasteiger partial charge >= 0.3 is 0 Å². The minimum absolute atomic E-state index is 0.0782. The zero-order valence-corrected chi connectivity index (χ0v) is 8.26. The number of pyridine rings is 1. The predicted molar refractivity (Wildman–Crippen MR) is 47.3 cm³/mol. The van der Waals surface area contributed by atoms with Gasteiger partial charge in [-0.2, -0.15) is 0 Å². The molecule has 0 aliphatic heterocycles. The van der Waals surface area contributed by atoms with Crippen LogP contribution >= 0.6 is 22.6 Å². The molecule has 0 amide bonds. The zero-order chi connectivity index (χ0) is 10.0. The van der Waals surface area contributed by atoms with Crippen LogP contribution in [0.2, 0.25) is 0 Å². The lowest BCUT2D eigenvalue weighted by molar-refractivity contribution is 0.111. The Hall–Kier alpha value is -0.660. The summed E-state index contributed by atoms with van der Waals surface area (Å²) in [5, 5.41) is 0. The van der Waals surface area contributed by atoms with Gasteiger partial charge in [0.05, 0.1) is 11.1 Å². The Labute approximate surface area is 85.3 Å². The van der Waals surface area contributed by atoms with Crippen LogP contribution in [0.5, 0.6) is 0 Å². The van der Waals surface area contributed by atoms with Crippen LogP contribution in [-0.4, -0.2) is 11.3 Å². The van der Waals surface area contributed by atoms with E-state index in [1.807, 2.05) is 0 Å². The number of nitrogens with zero attached hydrogens (tertiary/aromatic N) is 1. The number of halogens is 4. The first-order valence-corrected chi connectivity index (χ1v) is 4.23. The smallest absolute Gasteiger partial charge is 0.268 e. The van der Waals surface area contributed by atoms with Crippen molar-refractivity contribution in [3.8, 4) is 0 Å². The van der Waals surface area contributed by atoms with Crippen molar-refractivity contribution >= 4 is 28.9 Å². The van der Waals surface area contributed by atoms with Crippen LogP contribution < -0.4 is 0 Å². The first kappa shape index (κ1) is 10.4. The zero-order valence-electron chi connectivity index (χ0n) is 6.10. The van der Waals surface area contributed by atoms with E-state index in [0.29, 0.717) is 0 Å². The van der Waals surface area contributed by atoms with E-state index in [1.54, 1.807) is 22.6 Å². The van der Waals surface area contributed by atoms with E-state index >= 15 is 0 Å². The topological polar surface area (TPSA) is 30.0 Å². The molecule has 0 saturated heterocycles. The summed E-state index contributed by atoms with van der Waals surface area (Å²) in [5.74, 6) is -1.19. The van der Waals surface area contributed by atoms with Crippen molar-refractivity contribution in [3.63, 3.8) is 0 Å². The van der Waals surface area contributed by atoms with E-state index in [9.17, 15) is 18.0 Å². The molecule has 0 spiro atoms. The molecule has 1 rings (SSSR count). The number of hydrogen-bond acceptors (Lipinski definition) is 2. The molecule has 0 N–H and O–H groups in total. The summed E-state index contributed by atoms with van der Waals surface area (Å²) < 4.78 is 37.3. The molecule has 1 aromatic heterocycles. The van der Waals surface area contributed by atoms with E-state index in [-0.39, 0.29) is 9.99 Å². The first-order chi connectivity index (χ1) is 6.07. The number of carbonyl (C=O) groups is 1. The monoisotopic (exact) mass is 301 g/mol. The standard InChI is InChI=1S/C7H3F3INO/c8-5-3(6(9)10)1-12-7(11)4(5)2-13/h1-2,6H. The van der Waals surface area contributed by atoms with E-state index in [0.717, 1.165) is 6.20 Å². The van der Waals surface area contributed by atoms with Crippen LogP contribution in [0.3, 0.4) is 0 Å². The van der Waals surface area contributed by atoms with Gasteiger partial charge in [0.25, 0.3) is 6.43 Å². The summed E-state index contributed by atoms with van der Waals surface area (Å²) in [5.41, 5.74) is -1.26. The van der Waals surface area contributed by atoms with Crippen LogP contribution in [0.15, 0.2) is 6.20 Å². The maximum Gasteiger partial charge on any atom is 0.268 e. The molecule has 0 radical (unpaired) electrons. The van der Waals surface area contributed by atoms with Gasteiger partial charge in [0.1, 0.15) is 9.52 Å². The van der Waals surface area contributed by atoms with Crippen molar-refractivity contribution in [1.82, 2.24) is 4.98 Å². The lowest BCUT2D eigenvalue weighted by Gasteiger charge is -2.03. The van der Waals surface area contributed by atoms with Crippen LogP contribution in [0.4, 0.5) is 13.2 Å². The third-order valence-corrected chi connectivity index (χ3v) is 2.24. The maximum absolute atomic E-state index is 13.0. The third-order valence-electron chi connectivity index (χ3n) is 1.38. The van der Waals surface area contributed by atoms with Gasteiger partial charge < -0.3 is 0 Å². The second-order valence-electron chi connectivity index (χ2n) is 2.15. The Bertz CT molecular complexity index is 343. The Kier molecular flexibility index (Phi) is 3.23. The van der Waals surface area contributed by atoms with Crippen molar-refractivity contribution in [2.24, 2.45) is 0 Å². The number of carbonyl (C=O) groups excluding carboxylic acids is 1. The molecule has 0 aliphatic rings. The molecule has 13 heavy (non-hydrogen) atoms. The van der Waals surface area contributed by atoms with Crippen LogP contribution in [0, 0.1) is 9.52 Å². The van der Waals surface area contributed by atoms with Gasteiger partial charge in [0, 0.05) is 6.20 Å². The van der Waals surface area contributed by atoms with E-state index in [1.165, 1.54) is 0 Å². The Morgan fingerprint density at radius 2 is 2.15 bits per heavy atom. The van der Waals surface area contributed by atoms with Crippen LogP contribution in [-0.2, 0) is 0 Å². The predicted octanol–water partition coefficient (Wildman–Crippen LogP) is 2.58. The number of rotatable bonds is 2. The van der Waals surface area contributed by atoms with Crippen molar-refractivity contribution in [3.05, 3.63) is 26.8 Å². The molecule has 6 heteroatoms. The van der Waals surface area contributed by atoms with Crippen molar-refractivity contribution in [2.75, 3.05) is 0 Å². The summed E-state index contributed by atoms with van der Waals surface area (Å²) in [4.78, 5) is 13.8. The van der Waals surface area contributed by atoms with Crippen LogP contribution in [0.1, 0.15) is 22.3 Å². The Morgan fingerprint density at radius 1 is 1.54 bits per heavy atom. The van der Waals surface area contributed by atoms with E-state index in [4.69, 9.17) is 0 Å². The molecule has 0 unspecified atom stereocenters. The molecule has 0 bridgehead atoms. The number of alkyl halides is 2. The SMILES string of the molecule is O=Cc1c(I)ncc(C(F)F)c1F. The Balaban J connectivity index is 3.35. The highest BCUT2D eigenvalue weighted by Crippen LogP contribution is 2.24. The molecular formula is C7H3F3INO. The fourth-order valence-corrected chi connectivity index (χ4v) is 1.25. The van der Waals surface area contributed by atoms with Gasteiger partial charge in [-0.15, -0.1) is 0 Å². The molecule has 1 heterocycles. The Morgan fingerprint density at radius 3 is 2.62 bits per heavy atom. The molecule has 0 atom stereocenters. The van der Waals surface area contributed by atoms with Gasteiger partial charge in [-0.05, 0) is 22.6 Å². The average Bonchev–Trinajstić information content (AvgIpc) is 2.04. The van der Waals surface area contributed by atoms with Crippen molar-refractivity contribution in [1.29, 1.82) is 0 Å². The second kappa shape index (κ2) is 4.03. The van der Waals surface area contributed by atoms with E-state index < -0.39 is 23.4 Å². The fraction of sp³-hybridized carbons (Fsp3) is 0.143. The fourth-order valence-electron chi connectivity index (χ4n) is 0.751. The largest absolute Gasteiger partial charge is 0.298 e. The summed E-state index contributed by atoms with van der Waals surface area (Å²) in [6.07, 6.45) is -2.05. The molecule has 2 nitrogen and oxygen atoms in total. The summed E-state index contributed by atoms with van der Waals surface area (Å²) >= 11 is 1.60. The normalized spacial score (nSPS) is 10.5. The third kappa shape index (κ3) is 1.98. The minimum atomic E-state index is -2.96. The van der Waals surface area contributed by atoms with Gasteiger partial charge in [-0.1, -0.05) is 0 Å². The molecule has 0 fully saturated rings. The quantitative estimate of drug-likeness (QED) is 0.477. The molecule has 0 saturated carbocycles. The lowest BCUT2D eigenvalue weighted by atomic mass is 10.2. The minimum Gasteiger partial charge on any atom is -0.298 e. The summed E-state index contributed by atoms with van der Waals surface area (Å²) in [6.45, 7) is 0. The van der Waals surface area contributed by atoms with E-state index in [2.05, 4.69) is 4.98 Å². The van der Waals surface area contributed by atoms with Crippen molar-refractivity contribution < 1.29 is 18.0 Å². The molecule has 1 aromatic rings. The summed E-state index contributed by atoms with van der Waals surface area (Å²) in [7, 11) is 0. The number of aldehydes is 1. The van der Waals surface area contributed by atoms with Gasteiger partial charge in [0.2, 0.25) is 0 Å². The van der Waals surface area contributed by atoms with Gasteiger partial charge in [-0.3, -0.25) is 4.79 Å². The van der Waals surface area contributed by atoms with Gasteiger partial charge in [0.15, 0.2) is 6.29 Å². The highest BCUT2D eigenvalue weighted by atomic mass is 127. The number of aromatic nitrogens is 1. The second-order valence-corrected chi connectivity index (χ2v) is 3.17. The highest BCUT2D eigenvalue weighted by molar-refractivity contribution is 14.1. The molecule has 70 valence electrons. The summed E-state index contributed by atoms with van der Waals surface area (Å²) in [6, 6.07) is 0.